The molecule has 3 nitrogen and oxygen atoms in total. The lowest BCUT2D eigenvalue weighted by Gasteiger charge is -2.11. The Labute approximate surface area is 74.5 Å². The first-order chi connectivity index (χ1) is 5.66. The van der Waals surface area contributed by atoms with Crippen molar-refractivity contribution in [2.45, 2.75) is 32.2 Å². The predicted molar refractivity (Wildman–Crippen MR) is 47.6 cm³/mol. The molecule has 0 rings (SSSR count). The highest BCUT2D eigenvalue weighted by Crippen LogP contribution is 1.99. The zero-order chi connectivity index (χ0) is 9.40. The van der Waals surface area contributed by atoms with Crippen molar-refractivity contribution in [1.29, 1.82) is 0 Å². The lowest BCUT2D eigenvalue weighted by Crippen LogP contribution is -2.30. The molecular formula is C9H17NO2. The second-order valence-corrected chi connectivity index (χ2v) is 2.90. The van der Waals surface area contributed by atoms with E-state index in [9.17, 15) is 4.79 Å². The average molecular weight is 171 g/mol. The highest BCUT2D eigenvalue weighted by Gasteiger charge is 2.01. The normalized spacial score (nSPS) is 12.6. The van der Waals surface area contributed by atoms with E-state index in [1.807, 2.05) is 6.92 Å². The molecule has 0 aromatic carbocycles. The summed E-state index contributed by atoms with van der Waals surface area (Å²) in [6.07, 6.45) is 3.03. The molecule has 0 aromatic rings. The lowest BCUT2D eigenvalue weighted by molar-refractivity contribution is -0.117. The maximum absolute atomic E-state index is 10.4. The number of amides is 1. The minimum absolute atomic E-state index is 0.166. The van der Waals surface area contributed by atoms with Crippen LogP contribution in [0.5, 0.6) is 0 Å². The van der Waals surface area contributed by atoms with Crippen LogP contribution in [0.1, 0.15) is 26.2 Å². The van der Waals surface area contributed by atoms with Crippen LogP contribution in [0.2, 0.25) is 0 Å². The smallest absolute Gasteiger partial charge is 0.224 e. The first-order valence-electron chi connectivity index (χ1n) is 4.21. The van der Waals surface area contributed by atoms with Crippen LogP contribution in [-0.4, -0.2) is 25.7 Å². The van der Waals surface area contributed by atoms with Crippen molar-refractivity contribution >= 4 is 5.91 Å². The summed E-state index contributed by atoms with van der Waals surface area (Å²) >= 11 is 0. The van der Waals surface area contributed by atoms with E-state index in [4.69, 9.17) is 11.7 Å². The van der Waals surface area contributed by atoms with E-state index in [-0.39, 0.29) is 6.04 Å². The molecule has 2 radical (unpaired) electrons. The van der Waals surface area contributed by atoms with Gasteiger partial charge in [-0.2, -0.15) is 0 Å². The van der Waals surface area contributed by atoms with Gasteiger partial charge in [0.25, 0.3) is 0 Å². The third kappa shape index (κ3) is 7.54. The molecule has 1 atom stereocenters. The second kappa shape index (κ2) is 7.10. The highest BCUT2D eigenvalue weighted by molar-refractivity contribution is 5.80. The maximum atomic E-state index is 10.4. The first-order valence-corrected chi connectivity index (χ1v) is 4.21. The molecule has 0 aliphatic rings. The summed E-state index contributed by atoms with van der Waals surface area (Å²) in [5.41, 5.74) is 0. The maximum Gasteiger partial charge on any atom is 0.224 e. The molecule has 0 saturated heterocycles. The minimum atomic E-state index is -0.450. The molecule has 0 fully saturated rings. The number of ether oxygens (including phenoxy) is 1. The summed E-state index contributed by atoms with van der Waals surface area (Å²) in [5.74, 6) is -0.450. The number of rotatable bonds is 6. The van der Waals surface area contributed by atoms with Gasteiger partial charge in [0, 0.05) is 19.8 Å². The number of nitrogens with one attached hydrogen (secondary N) is 1. The van der Waals surface area contributed by atoms with Crippen LogP contribution in [0.15, 0.2) is 0 Å². The van der Waals surface area contributed by atoms with Crippen LogP contribution in [0.3, 0.4) is 0 Å². The van der Waals surface area contributed by atoms with E-state index in [0.717, 1.165) is 25.9 Å². The van der Waals surface area contributed by atoms with Gasteiger partial charge in [0.15, 0.2) is 0 Å². The summed E-state index contributed by atoms with van der Waals surface area (Å²) in [6.45, 7) is 7.67. The van der Waals surface area contributed by atoms with Gasteiger partial charge in [0.1, 0.15) is 0 Å². The van der Waals surface area contributed by atoms with Crippen molar-refractivity contribution in [3.8, 4) is 0 Å². The number of hydrogen-bond donors (Lipinski definition) is 1. The summed E-state index contributed by atoms with van der Waals surface area (Å²) in [4.78, 5) is 10.4. The first kappa shape index (κ1) is 11.4. The molecule has 0 aromatic heterocycles. The summed E-state index contributed by atoms with van der Waals surface area (Å²) in [6, 6.07) is 0.166. The summed E-state index contributed by atoms with van der Waals surface area (Å²) < 4.78 is 4.89. The number of unbranched alkanes of at least 4 members (excludes halogenated alkanes) is 1. The van der Waals surface area contributed by atoms with Crippen LogP contribution in [0.25, 0.3) is 0 Å². The van der Waals surface area contributed by atoms with Crippen molar-refractivity contribution in [2.75, 3.05) is 13.7 Å². The van der Waals surface area contributed by atoms with Crippen LogP contribution in [0.4, 0.5) is 0 Å². The molecule has 1 unspecified atom stereocenters. The fourth-order valence-electron chi connectivity index (χ4n) is 1.01. The Morgan fingerprint density at radius 1 is 1.58 bits per heavy atom. The molecule has 0 saturated carbocycles. The standard InChI is InChI=1S/C9H17NO2/c1-8(10-9(2)11)6-4-5-7-12-3/h2,8H,4-7H2,1,3H3,(H,10,11). The third-order valence-electron chi connectivity index (χ3n) is 1.62. The number of carbonyl (C=O) groups excluding carboxylic acids is 1. The van der Waals surface area contributed by atoms with Crippen LogP contribution < -0.4 is 5.32 Å². The van der Waals surface area contributed by atoms with Gasteiger partial charge in [-0.3, -0.25) is 4.79 Å². The Kier molecular flexibility index (Phi) is 6.76. The quantitative estimate of drug-likeness (QED) is 0.606. The lowest BCUT2D eigenvalue weighted by atomic mass is 10.1. The molecule has 70 valence electrons. The molecule has 1 amide bonds. The van der Waals surface area contributed by atoms with E-state index < -0.39 is 5.91 Å². The number of methoxy groups -OCH3 is 1. The van der Waals surface area contributed by atoms with Gasteiger partial charge in [-0.25, -0.2) is 0 Å². The number of carbonyl (C=O) groups is 1. The van der Waals surface area contributed by atoms with E-state index in [1.165, 1.54) is 0 Å². The van der Waals surface area contributed by atoms with Gasteiger partial charge >= 0.3 is 0 Å². The van der Waals surface area contributed by atoms with Crippen LogP contribution >= 0.6 is 0 Å². The van der Waals surface area contributed by atoms with Gasteiger partial charge in [0.05, 0.1) is 6.92 Å². The molecule has 0 aliphatic carbocycles. The highest BCUT2D eigenvalue weighted by atomic mass is 16.5. The molecule has 0 bridgehead atoms. The average Bonchev–Trinajstić information content (AvgIpc) is 1.97. The molecule has 0 heterocycles. The van der Waals surface area contributed by atoms with E-state index >= 15 is 0 Å². The fourth-order valence-corrected chi connectivity index (χ4v) is 1.01. The van der Waals surface area contributed by atoms with E-state index in [2.05, 4.69) is 5.32 Å². The SMILES string of the molecule is [CH]C(=O)NC(C)CCCCOC. The van der Waals surface area contributed by atoms with E-state index in [1.54, 1.807) is 7.11 Å². The second-order valence-electron chi connectivity index (χ2n) is 2.90. The van der Waals surface area contributed by atoms with Gasteiger partial charge in [-0.15, -0.1) is 0 Å². The Balaban J connectivity index is 3.19. The van der Waals surface area contributed by atoms with Crippen molar-refractivity contribution in [2.24, 2.45) is 0 Å². The van der Waals surface area contributed by atoms with Gasteiger partial charge in [-0.1, -0.05) is 0 Å². The Morgan fingerprint density at radius 3 is 2.75 bits per heavy atom. The Bertz CT molecular complexity index is 126. The van der Waals surface area contributed by atoms with E-state index in [0.29, 0.717) is 0 Å². The van der Waals surface area contributed by atoms with Crippen molar-refractivity contribution in [3.63, 3.8) is 0 Å². The summed E-state index contributed by atoms with van der Waals surface area (Å²) in [7, 11) is 1.69. The van der Waals surface area contributed by atoms with Crippen molar-refractivity contribution < 1.29 is 9.53 Å². The largest absolute Gasteiger partial charge is 0.385 e. The van der Waals surface area contributed by atoms with Gasteiger partial charge in [0.2, 0.25) is 5.91 Å². The zero-order valence-electron chi connectivity index (χ0n) is 7.80. The molecule has 12 heavy (non-hydrogen) atoms. The predicted octanol–water partition coefficient (Wildman–Crippen LogP) is 1.02. The summed E-state index contributed by atoms with van der Waals surface area (Å²) in [5, 5.41) is 2.62. The van der Waals surface area contributed by atoms with Crippen molar-refractivity contribution in [3.05, 3.63) is 6.92 Å². The monoisotopic (exact) mass is 171 g/mol. The van der Waals surface area contributed by atoms with Crippen LogP contribution in [-0.2, 0) is 9.53 Å². The molecular weight excluding hydrogens is 154 g/mol. The van der Waals surface area contributed by atoms with Crippen molar-refractivity contribution in [1.82, 2.24) is 5.32 Å². The minimum Gasteiger partial charge on any atom is -0.385 e. The molecule has 0 spiro atoms. The Morgan fingerprint density at radius 2 is 2.25 bits per heavy atom. The van der Waals surface area contributed by atoms with Gasteiger partial charge < -0.3 is 10.1 Å². The zero-order valence-corrected chi connectivity index (χ0v) is 7.80. The Hall–Kier alpha value is -0.570. The van der Waals surface area contributed by atoms with Crippen LogP contribution in [0, 0.1) is 6.92 Å². The molecule has 1 N–H and O–H groups in total. The third-order valence-corrected chi connectivity index (χ3v) is 1.62. The molecule has 0 aliphatic heterocycles. The van der Waals surface area contributed by atoms with Gasteiger partial charge in [-0.05, 0) is 26.2 Å². The number of hydrogen-bond acceptors (Lipinski definition) is 2. The topological polar surface area (TPSA) is 38.3 Å². The fraction of sp³-hybridized carbons (Fsp3) is 0.778. The molecule has 3 heteroatoms.